The molecule has 0 radical (unpaired) electrons. The summed E-state index contributed by atoms with van der Waals surface area (Å²) < 4.78 is 296. The van der Waals surface area contributed by atoms with Crippen LogP contribution in [-0.4, -0.2) is 16.9 Å². The van der Waals surface area contributed by atoms with Gasteiger partial charge < -0.3 is 0 Å². The van der Waals surface area contributed by atoms with Crippen molar-refractivity contribution in [2.45, 2.75) is 13.0 Å². The van der Waals surface area contributed by atoms with Crippen molar-refractivity contribution < 1.29 is 97.2 Å². The molecule has 0 fully saturated rings. The van der Waals surface area contributed by atoms with Crippen LogP contribution in [0.15, 0.2) is 48.9 Å². The van der Waals surface area contributed by atoms with Gasteiger partial charge in [0, 0.05) is 5.56 Å². The fraction of sp³-hybridized carbons (Fsp3) is 0.0526. The summed E-state index contributed by atoms with van der Waals surface area (Å²) >= 11 is 0. The van der Waals surface area contributed by atoms with Crippen molar-refractivity contribution >= 4 is 33.8 Å². The van der Waals surface area contributed by atoms with E-state index in [4.69, 9.17) is 5.26 Å². The number of hydrogen-bond acceptors (Lipinski definition) is 3. The molecule has 4 nitrogen and oxygen atoms in total. The Bertz CT molecular complexity index is 2510. The largest absolute Gasteiger partial charge is 0.287 e. The van der Waals surface area contributed by atoms with Crippen LogP contribution in [0.5, 0.6) is 0 Å². The van der Waals surface area contributed by atoms with E-state index in [0.29, 0.717) is 5.56 Å². The molecular weight excluding hydrogens is 905 g/mol. The summed E-state index contributed by atoms with van der Waals surface area (Å²) in [6.07, 6.45) is -2.03. The molecule has 1 heterocycles. The lowest BCUT2D eigenvalue weighted by molar-refractivity contribution is -0.690. The van der Waals surface area contributed by atoms with Crippen LogP contribution in [0, 0.1) is 128 Å². The second kappa shape index (κ2) is 17.8. The maximum atomic E-state index is 15.4. The molecule has 0 aliphatic heterocycles. The van der Waals surface area contributed by atoms with Crippen LogP contribution in [0.2, 0.25) is 0 Å². The van der Waals surface area contributed by atoms with Crippen molar-refractivity contribution in [3.63, 3.8) is 0 Å². The molecule has 0 aliphatic carbocycles. The predicted molar refractivity (Wildman–Crippen MR) is 174 cm³/mol. The van der Waals surface area contributed by atoms with Crippen molar-refractivity contribution in [2.24, 2.45) is 0 Å². The summed E-state index contributed by atoms with van der Waals surface area (Å²) in [5.41, 5.74) is -12.9. The van der Waals surface area contributed by atoms with Crippen LogP contribution in [-0.2, 0) is 13.0 Å². The topological polar surface area (TPSA) is 57.6 Å². The number of aromatic nitrogens is 2. The lowest BCUT2D eigenvalue weighted by Crippen LogP contribution is -2.81. The highest BCUT2D eigenvalue weighted by atomic mass is 19.2. The van der Waals surface area contributed by atoms with Crippen LogP contribution in [0.3, 0.4) is 0 Å². The summed E-state index contributed by atoms with van der Waals surface area (Å²) in [7, 11) is 0. The van der Waals surface area contributed by atoms with Crippen molar-refractivity contribution in [3.05, 3.63) is 177 Å². The number of ketones is 1. The normalized spacial score (nSPS) is 11.3. The van der Waals surface area contributed by atoms with Gasteiger partial charge in [0.15, 0.2) is 76.0 Å². The highest BCUT2D eigenvalue weighted by molar-refractivity contribution is 7.20. The first-order valence-corrected chi connectivity index (χ1v) is 16.5. The van der Waals surface area contributed by atoms with Crippen LogP contribution >= 0.6 is 0 Å². The number of Topliss-reactive ketones (excluding diaryl/α,β-unsaturated/α-hetero) is 1. The summed E-state index contributed by atoms with van der Waals surface area (Å²) in [6, 6.07) is 11.2. The van der Waals surface area contributed by atoms with Gasteiger partial charge in [-0.25, -0.2) is 87.8 Å². The Kier molecular flexibility index (Phi) is 13.3. The summed E-state index contributed by atoms with van der Waals surface area (Å²) in [5.74, 6) is -71.4. The van der Waals surface area contributed by atoms with Crippen LogP contribution < -0.4 is 26.4 Å². The van der Waals surface area contributed by atoms with Crippen LogP contribution in [0.25, 0.3) is 0 Å². The van der Waals surface area contributed by atoms with Gasteiger partial charge >= 0.3 is 0 Å². The first-order chi connectivity index (χ1) is 29.5. The van der Waals surface area contributed by atoms with Gasteiger partial charge in [-0.05, 0) is 0 Å². The van der Waals surface area contributed by atoms with E-state index in [0.717, 1.165) is 5.69 Å². The van der Waals surface area contributed by atoms with Crippen molar-refractivity contribution in [2.75, 3.05) is 0 Å². The number of carbonyl (C=O) groups excluding carboxylic acids is 1. The Morgan fingerprint density at radius 3 is 1.05 bits per heavy atom. The third-order valence-electron chi connectivity index (χ3n) is 9.30. The van der Waals surface area contributed by atoms with Gasteiger partial charge in [-0.2, -0.15) is 9.83 Å². The predicted octanol–water partition coefficient (Wildman–Crippen LogP) is 7.16. The molecule has 25 heteroatoms. The van der Waals surface area contributed by atoms with E-state index >= 15 is 35.1 Å². The minimum Gasteiger partial charge on any atom is -0.287 e. The van der Waals surface area contributed by atoms with Gasteiger partial charge in [0.05, 0.1) is 18.5 Å². The standard InChI is InChI=1S/C24BF20.C14H12N3O/c26-5-1(6(27)14(35)21(42)13(5)34)25(2-7(28)15(36)22(43)16(37)8(2)29,3-9(30)17(38)23(44)18(39)10(3)31)4-11(32)19(40)24(45)20(41)12(4)33;15-7-6-13-10-16-8-9-17(13)11-14(18)12-4-2-1-3-5-12/h;1-5,8-10H,6,11H2/q-1;+1. The molecule has 0 amide bonds. The molecule has 0 N–H and O–H groups in total. The Morgan fingerprint density at radius 1 is 0.476 bits per heavy atom. The molecule has 6 rings (SSSR count). The molecule has 0 bridgehead atoms. The molecule has 0 saturated heterocycles. The zero-order valence-electron chi connectivity index (χ0n) is 29.9. The van der Waals surface area contributed by atoms with E-state index in [1.54, 1.807) is 35.3 Å². The Labute approximate surface area is 336 Å². The van der Waals surface area contributed by atoms with E-state index in [1.165, 1.54) is 0 Å². The first kappa shape index (κ1) is 47.1. The van der Waals surface area contributed by atoms with E-state index < -0.39 is 144 Å². The number of benzene rings is 5. The van der Waals surface area contributed by atoms with Gasteiger partial charge in [0.2, 0.25) is 18.0 Å². The van der Waals surface area contributed by atoms with Gasteiger partial charge in [0.25, 0.3) is 0 Å². The molecule has 0 atom stereocenters. The van der Waals surface area contributed by atoms with Crippen molar-refractivity contribution in [1.82, 2.24) is 4.98 Å². The highest BCUT2D eigenvalue weighted by Crippen LogP contribution is 2.30. The average Bonchev–Trinajstić information content (AvgIpc) is 3.27. The number of carbonyl (C=O) groups is 1. The fourth-order valence-electron chi connectivity index (χ4n) is 6.54. The zero-order chi connectivity index (χ0) is 47.2. The summed E-state index contributed by atoms with van der Waals surface area (Å²) in [5, 5.41) is 8.72. The number of halogens is 20. The molecular formula is C38H12BF20N3O. The van der Waals surface area contributed by atoms with Gasteiger partial charge in [-0.1, -0.05) is 30.3 Å². The monoisotopic (exact) mass is 917 g/mol. The number of hydrogen-bond donors (Lipinski definition) is 0. The van der Waals surface area contributed by atoms with E-state index in [1.807, 2.05) is 18.2 Å². The van der Waals surface area contributed by atoms with Gasteiger partial charge in [0.1, 0.15) is 59.1 Å². The number of nitrogens with zero attached hydrogens (tertiary/aromatic N) is 3. The first-order valence-electron chi connectivity index (χ1n) is 16.5. The SMILES string of the molecule is Fc1c(F)c(F)c([B-](c2c(F)c(F)c(F)c(F)c2F)(c2c(F)c(F)c(F)c(F)c2F)c2c(F)c(F)c(F)c(F)c2F)c(F)c1F.N#CCc1cncc[n+]1CC(=O)c1ccccc1. The highest BCUT2D eigenvalue weighted by Gasteiger charge is 2.52. The molecule has 0 saturated carbocycles. The van der Waals surface area contributed by atoms with E-state index in [2.05, 4.69) is 11.1 Å². The Balaban J connectivity index is 0.000000345. The fourth-order valence-corrected chi connectivity index (χ4v) is 6.54. The number of nitriles is 1. The molecule has 328 valence electrons. The number of rotatable bonds is 8. The average molecular weight is 917 g/mol. The molecule has 0 aliphatic rings. The Hall–Kier alpha value is -7.00. The molecule has 5 aromatic carbocycles. The van der Waals surface area contributed by atoms with Gasteiger partial charge in [-0.3, -0.25) is 9.78 Å². The maximum absolute atomic E-state index is 15.4. The second-order valence-electron chi connectivity index (χ2n) is 12.6. The third kappa shape index (κ3) is 7.56. The minimum atomic E-state index is -7.22. The third-order valence-corrected chi connectivity index (χ3v) is 9.30. The Morgan fingerprint density at radius 2 is 0.762 bits per heavy atom. The molecule has 0 unspecified atom stereocenters. The quantitative estimate of drug-likeness (QED) is 0.0407. The molecule has 63 heavy (non-hydrogen) atoms. The summed E-state index contributed by atoms with van der Waals surface area (Å²) in [6.45, 7) is 0.226. The molecule has 6 aromatic rings. The van der Waals surface area contributed by atoms with Crippen LogP contribution in [0.4, 0.5) is 87.8 Å². The van der Waals surface area contributed by atoms with Gasteiger partial charge in [-0.15, -0.1) is 21.9 Å². The smallest absolute Gasteiger partial charge is 0.227 e. The molecule has 0 spiro atoms. The van der Waals surface area contributed by atoms with E-state index in [-0.39, 0.29) is 18.7 Å². The minimum absolute atomic E-state index is 0.0194. The zero-order valence-corrected chi connectivity index (χ0v) is 29.9. The van der Waals surface area contributed by atoms with Crippen molar-refractivity contribution in [3.8, 4) is 6.07 Å². The molecule has 1 aromatic heterocycles. The second-order valence-corrected chi connectivity index (χ2v) is 12.6. The lowest BCUT2D eigenvalue weighted by Gasteiger charge is -2.44. The van der Waals surface area contributed by atoms with Crippen LogP contribution in [0.1, 0.15) is 16.1 Å². The lowest BCUT2D eigenvalue weighted by atomic mass is 9.12. The maximum Gasteiger partial charge on any atom is 0.227 e. The van der Waals surface area contributed by atoms with Crippen molar-refractivity contribution in [1.29, 1.82) is 5.26 Å². The van der Waals surface area contributed by atoms with E-state index in [9.17, 15) is 57.5 Å². The summed E-state index contributed by atoms with van der Waals surface area (Å²) in [4.78, 5) is 16.0.